The molecule has 0 atom stereocenters. The Kier molecular flexibility index (Phi) is 1.58. The number of hydrogen-bond acceptors (Lipinski definition) is 4. The lowest BCUT2D eigenvalue weighted by Crippen LogP contribution is -1.97. The number of H-pyrrole nitrogens is 1. The number of fused-ring (bicyclic) bond motifs is 1. The maximum absolute atomic E-state index is 5.49. The van der Waals surface area contributed by atoms with Crippen molar-refractivity contribution in [3.8, 4) is 5.88 Å². The molecule has 0 aliphatic rings. The van der Waals surface area contributed by atoms with E-state index in [9.17, 15) is 0 Å². The van der Waals surface area contributed by atoms with Crippen LogP contribution in [0, 0.1) is 6.92 Å². The summed E-state index contributed by atoms with van der Waals surface area (Å²) in [4.78, 5) is 11.1. The molecule has 0 bridgehead atoms. The second-order valence-corrected chi connectivity index (χ2v) is 2.81. The van der Waals surface area contributed by atoms with Gasteiger partial charge in [-0.2, -0.15) is 9.97 Å². The Hall–Kier alpha value is -1.78. The number of methoxy groups -OCH3 is 1. The minimum Gasteiger partial charge on any atom is -0.480 e. The third-order valence-corrected chi connectivity index (χ3v) is 1.80. The topological polar surface area (TPSA) is 76.8 Å². The van der Waals surface area contributed by atoms with Gasteiger partial charge in [0.15, 0.2) is 0 Å². The smallest absolute Gasteiger partial charge is 0.227 e. The Bertz CT molecular complexity index is 449. The van der Waals surface area contributed by atoms with Crippen molar-refractivity contribution in [3.05, 3.63) is 11.8 Å². The highest BCUT2D eigenvalue weighted by Gasteiger charge is 2.07. The molecule has 0 spiro atoms. The van der Waals surface area contributed by atoms with Crippen molar-refractivity contribution in [1.29, 1.82) is 0 Å². The van der Waals surface area contributed by atoms with Crippen molar-refractivity contribution < 1.29 is 4.74 Å². The SMILES string of the molecule is COc1nc(N)nc2[nH]c(C)cc12. The molecule has 0 fully saturated rings. The lowest BCUT2D eigenvalue weighted by Gasteiger charge is -1.99. The molecule has 68 valence electrons. The van der Waals surface area contributed by atoms with E-state index in [1.807, 2.05) is 13.0 Å². The Labute approximate surface area is 74.9 Å². The second kappa shape index (κ2) is 2.62. The number of nitrogens with zero attached hydrogens (tertiary/aromatic N) is 2. The summed E-state index contributed by atoms with van der Waals surface area (Å²) in [5, 5.41) is 0.856. The molecule has 2 rings (SSSR count). The number of ether oxygens (including phenoxy) is 1. The largest absolute Gasteiger partial charge is 0.480 e. The zero-order chi connectivity index (χ0) is 9.42. The minimum atomic E-state index is 0.214. The third-order valence-electron chi connectivity index (χ3n) is 1.80. The van der Waals surface area contributed by atoms with E-state index in [4.69, 9.17) is 10.5 Å². The van der Waals surface area contributed by atoms with E-state index in [1.54, 1.807) is 7.11 Å². The average Bonchev–Trinajstić information content (AvgIpc) is 2.43. The van der Waals surface area contributed by atoms with Gasteiger partial charge in [0.2, 0.25) is 11.8 Å². The molecule has 0 unspecified atom stereocenters. The molecule has 0 aliphatic carbocycles. The summed E-state index contributed by atoms with van der Waals surface area (Å²) in [5.74, 6) is 0.720. The van der Waals surface area contributed by atoms with Crippen LogP contribution in [0.2, 0.25) is 0 Å². The van der Waals surface area contributed by atoms with Gasteiger partial charge in [-0.15, -0.1) is 0 Å². The fraction of sp³-hybridized carbons (Fsp3) is 0.250. The van der Waals surface area contributed by atoms with Gasteiger partial charge in [0.05, 0.1) is 12.5 Å². The number of hydrogen-bond donors (Lipinski definition) is 2. The van der Waals surface area contributed by atoms with Crippen LogP contribution in [0.25, 0.3) is 11.0 Å². The molecule has 0 aromatic carbocycles. The highest BCUT2D eigenvalue weighted by Crippen LogP contribution is 2.23. The molecule has 0 saturated carbocycles. The van der Waals surface area contributed by atoms with Gasteiger partial charge in [-0.3, -0.25) is 0 Å². The number of nitrogen functional groups attached to an aromatic ring is 1. The van der Waals surface area contributed by atoms with E-state index in [1.165, 1.54) is 0 Å². The molecule has 5 heteroatoms. The molecule has 0 aliphatic heterocycles. The summed E-state index contributed by atoms with van der Waals surface area (Å²) in [6, 6.07) is 1.92. The summed E-state index contributed by atoms with van der Waals surface area (Å²) in [5.41, 5.74) is 7.20. The van der Waals surface area contributed by atoms with Crippen LogP contribution in [-0.2, 0) is 0 Å². The molecular weight excluding hydrogens is 168 g/mol. The molecule has 3 N–H and O–H groups in total. The summed E-state index contributed by atoms with van der Waals surface area (Å²) in [6.07, 6.45) is 0. The minimum absolute atomic E-state index is 0.214. The van der Waals surface area contributed by atoms with Gasteiger partial charge >= 0.3 is 0 Å². The Morgan fingerprint density at radius 1 is 1.46 bits per heavy atom. The van der Waals surface area contributed by atoms with Gasteiger partial charge in [-0.1, -0.05) is 0 Å². The van der Waals surface area contributed by atoms with Crippen LogP contribution in [-0.4, -0.2) is 22.1 Å². The quantitative estimate of drug-likeness (QED) is 0.678. The standard InChI is InChI=1S/C8H10N4O/c1-4-3-5-6(10-4)11-8(9)12-7(5)13-2/h3H,1-2H3,(H3,9,10,11,12). The van der Waals surface area contributed by atoms with Crippen molar-refractivity contribution in [2.45, 2.75) is 6.92 Å². The lowest BCUT2D eigenvalue weighted by atomic mass is 10.3. The molecule has 0 radical (unpaired) electrons. The first-order chi connectivity index (χ1) is 6.20. The number of nitrogens with one attached hydrogen (secondary N) is 1. The molecule has 13 heavy (non-hydrogen) atoms. The first kappa shape index (κ1) is 7.85. The first-order valence-corrected chi connectivity index (χ1v) is 3.87. The fourth-order valence-electron chi connectivity index (χ4n) is 1.29. The second-order valence-electron chi connectivity index (χ2n) is 2.81. The van der Waals surface area contributed by atoms with E-state index < -0.39 is 0 Å². The fourth-order valence-corrected chi connectivity index (χ4v) is 1.29. The van der Waals surface area contributed by atoms with Gasteiger partial charge in [0, 0.05) is 5.69 Å². The number of aryl methyl sites for hydroxylation is 1. The normalized spacial score (nSPS) is 10.6. The Morgan fingerprint density at radius 3 is 2.92 bits per heavy atom. The Morgan fingerprint density at radius 2 is 2.23 bits per heavy atom. The molecule has 2 heterocycles. The molecule has 5 nitrogen and oxygen atoms in total. The van der Waals surface area contributed by atoms with Crippen molar-refractivity contribution in [3.63, 3.8) is 0 Å². The molecule has 2 aromatic heterocycles. The van der Waals surface area contributed by atoms with Crippen LogP contribution in [0.1, 0.15) is 5.69 Å². The number of aromatic nitrogens is 3. The molecule has 0 amide bonds. The van der Waals surface area contributed by atoms with Gasteiger partial charge in [0.25, 0.3) is 0 Å². The van der Waals surface area contributed by atoms with Gasteiger partial charge in [-0.05, 0) is 13.0 Å². The molecule has 0 saturated heterocycles. The van der Waals surface area contributed by atoms with Crippen molar-refractivity contribution in [1.82, 2.24) is 15.0 Å². The van der Waals surface area contributed by atoms with Gasteiger partial charge in [-0.25, -0.2) is 0 Å². The average molecular weight is 178 g/mol. The van der Waals surface area contributed by atoms with Crippen LogP contribution in [0.5, 0.6) is 5.88 Å². The summed E-state index contributed by atoms with van der Waals surface area (Å²) in [6.45, 7) is 1.94. The summed E-state index contributed by atoms with van der Waals surface area (Å²) < 4.78 is 5.07. The van der Waals surface area contributed by atoms with Crippen LogP contribution in [0.15, 0.2) is 6.07 Å². The van der Waals surface area contributed by atoms with Crippen LogP contribution in [0.4, 0.5) is 5.95 Å². The third kappa shape index (κ3) is 1.18. The van der Waals surface area contributed by atoms with Gasteiger partial charge < -0.3 is 15.5 Å². The van der Waals surface area contributed by atoms with Crippen LogP contribution >= 0.6 is 0 Å². The maximum Gasteiger partial charge on any atom is 0.227 e. The summed E-state index contributed by atoms with van der Waals surface area (Å²) in [7, 11) is 1.56. The predicted molar refractivity (Wildman–Crippen MR) is 49.6 cm³/mol. The van der Waals surface area contributed by atoms with E-state index in [0.29, 0.717) is 11.5 Å². The predicted octanol–water partition coefficient (Wildman–Crippen LogP) is 0.857. The van der Waals surface area contributed by atoms with Crippen molar-refractivity contribution >= 4 is 17.0 Å². The van der Waals surface area contributed by atoms with E-state index in [0.717, 1.165) is 11.1 Å². The number of aromatic amines is 1. The lowest BCUT2D eigenvalue weighted by molar-refractivity contribution is 0.403. The zero-order valence-corrected chi connectivity index (χ0v) is 7.46. The Balaban J connectivity index is 2.80. The number of nitrogens with two attached hydrogens (primary N) is 1. The molecule has 2 aromatic rings. The monoisotopic (exact) mass is 178 g/mol. The van der Waals surface area contributed by atoms with Crippen molar-refractivity contribution in [2.24, 2.45) is 0 Å². The summed E-state index contributed by atoms with van der Waals surface area (Å²) >= 11 is 0. The van der Waals surface area contributed by atoms with E-state index >= 15 is 0 Å². The highest BCUT2D eigenvalue weighted by molar-refractivity contribution is 5.82. The maximum atomic E-state index is 5.49. The number of rotatable bonds is 1. The first-order valence-electron chi connectivity index (χ1n) is 3.87. The van der Waals surface area contributed by atoms with Gasteiger partial charge in [0.1, 0.15) is 5.65 Å². The molecular formula is C8H10N4O. The van der Waals surface area contributed by atoms with E-state index in [2.05, 4.69) is 15.0 Å². The van der Waals surface area contributed by atoms with E-state index in [-0.39, 0.29) is 5.95 Å². The highest BCUT2D eigenvalue weighted by atomic mass is 16.5. The number of anilines is 1. The van der Waals surface area contributed by atoms with Crippen molar-refractivity contribution in [2.75, 3.05) is 12.8 Å². The zero-order valence-electron chi connectivity index (χ0n) is 7.46. The van der Waals surface area contributed by atoms with Crippen LogP contribution < -0.4 is 10.5 Å². The van der Waals surface area contributed by atoms with Crippen LogP contribution in [0.3, 0.4) is 0 Å².